The second-order valence-electron chi connectivity index (χ2n) is 9.64. The van der Waals surface area contributed by atoms with E-state index in [1.165, 1.54) is 35.2 Å². The number of likely N-dealkylation sites (N-methyl/N-ethyl adjacent to an activating group) is 1. The fourth-order valence-corrected chi connectivity index (χ4v) is 6.46. The van der Waals surface area contributed by atoms with Gasteiger partial charge in [-0.15, -0.1) is 0 Å². The summed E-state index contributed by atoms with van der Waals surface area (Å²) in [5.74, 6) is -0.989. The number of nitrogens with zero attached hydrogens (tertiary/aromatic N) is 2. The van der Waals surface area contributed by atoms with Gasteiger partial charge < -0.3 is 10.2 Å². The maximum atomic E-state index is 14.4. The Kier molecular flexibility index (Phi) is 11.1. The molecule has 11 heteroatoms. The summed E-state index contributed by atoms with van der Waals surface area (Å²) in [4.78, 5) is 29.2. The second-order valence-corrected chi connectivity index (χ2v) is 12.7. The van der Waals surface area contributed by atoms with E-state index in [0.717, 1.165) is 9.87 Å². The lowest BCUT2D eigenvalue weighted by atomic mass is 10.0. The highest BCUT2D eigenvalue weighted by atomic mass is 35.5. The molecule has 1 N–H and O–H groups in total. The van der Waals surface area contributed by atoms with Crippen molar-refractivity contribution in [1.29, 1.82) is 0 Å². The number of benzene rings is 4. The van der Waals surface area contributed by atoms with Gasteiger partial charge in [-0.1, -0.05) is 102 Å². The van der Waals surface area contributed by atoms with Gasteiger partial charge in [0.05, 0.1) is 20.6 Å². The molecule has 0 aliphatic rings. The lowest BCUT2D eigenvalue weighted by molar-refractivity contribution is -0.140. The highest BCUT2D eigenvalue weighted by Crippen LogP contribution is 2.31. The van der Waals surface area contributed by atoms with Gasteiger partial charge in [0.2, 0.25) is 11.8 Å². The molecule has 0 aromatic heterocycles. The fourth-order valence-electron chi connectivity index (χ4n) is 4.54. The first-order chi connectivity index (χ1) is 20.6. The molecule has 0 aliphatic carbocycles. The molecular formula is C32H30Cl3N3O4S. The van der Waals surface area contributed by atoms with Gasteiger partial charge in [-0.3, -0.25) is 13.9 Å². The molecule has 4 aromatic rings. The van der Waals surface area contributed by atoms with E-state index in [4.69, 9.17) is 34.8 Å². The minimum atomic E-state index is -4.25. The van der Waals surface area contributed by atoms with E-state index in [0.29, 0.717) is 17.1 Å². The van der Waals surface area contributed by atoms with Gasteiger partial charge in [0.15, 0.2) is 0 Å². The molecule has 0 bridgehead atoms. The van der Waals surface area contributed by atoms with E-state index in [2.05, 4.69) is 5.32 Å². The van der Waals surface area contributed by atoms with Crippen LogP contribution in [0.4, 0.5) is 5.69 Å². The standard InChI is InChI=1S/C32H30Cl3N3O4S/c1-2-36-32(40)30(19-23-11-5-3-6-12-23)37(21-24-13-9-10-16-27(24)33)31(39)22-38(25-17-18-28(34)29(35)20-25)43(41,42)26-14-7-4-8-15-26/h3-18,20,30H,2,19,21-22H2,1H3,(H,36,40). The third kappa shape index (κ3) is 8.09. The number of anilines is 1. The van der Waals surface area contributed by atoms with E-state index >= 15 is 0 Å². The molecule has 0 saturated heterocycles. The summed E-state index contributed by atoms with van der Waals surface area (Å²) in [5, 5.41) is 3.59. The number of rotatable bonds is 12. The molecule has 1 atom stereocenters. The Morgan fingerprint density at radius 3 is 2.05 bits per heavy atom. The Morgan fingerprint density at radius 1 is 0.791 bits per heavy atom. The Bertz CT molecular complexity index is 1670. The van der Waals surface area contributed by atoms with Gasteiger partial charge in [0, 0.05) is 24.5 Å². The number of sulfonamides is 1. The highest BCUT2D eigenvalue weighted by molar-refractivity contribution is 7.92. The minimum absolute atomic E-state index is 0.0175. The molecule has 43 heavy (non-hydrogen) atoms. The summed E-state index contributed by atoms with van der Waals surface area (Å²) in [6.07, 6.45) is 0.196. The number of halogens is 3. The van der Waals surface area contributed by atoms with Crippen LogP contribution in [0.25, 0.3) is 0 Å². The third-order valence-electron chi connectivity index (χ3n) is 6.72. The van der Waals surface area contributed by atoms with Crippen molar-refractivity contribution in [3.05, 3.63) is 129 Å². The van der Waals surface area contributed by atoms with Crippen molar-refractivity contribution >= 4 is 62.3 Å². The molecule has 0 spiro atoms. The van der Waals surface area contributed by atoms with Crippen LogP contribution in [0.1, 0.15) is 18.1 Å². The van der Waals surface area contributed by atoms with Crippen LogP contribution in [0.3, 0.4) is 0 Å². The van der Waals surface area contributed by atoms with E-state index in [9.17, 15) is 18.0 Å². The fraction of sp³-hybridized carbons (Fsp3) is 0.188. The highest BCUT2D eigenvalue weighted by Gasteiger charge is 2.35. The van der Waals surface area contributed by atoms with E-state index in [1.54, 1.807) is 49.4 Å². The second kappa shape index (κ2) is 14.8. The average molecular weight is 659 g/mol. The van der Waals surface area contributed by atoms with Gasteiger partial charge in [-0.05, 0) is 54.4 Å². The summed E-state index contributed by atoms with van der Waals surface area (Å²) in [6, 6.07) is 27.4. The maximum Gasteiger partial charge on any atom is 0.264 e. The predicted octanol–water partition coefficient (Wildman–Crippen LogP) is 6.62. The van der Waals surface area contributed by atoms with Crippen molar-refractivity contribution in [2.24, 2.45) is 0 Å². The smallest absolute Gasteiger partial charge is 0.264 e. The van der Waals surface area contributed by atoms with Crippen molar-refractivity contribution < 1.29 is 18.0 Å². The largest absolute Gasteiger partial charge is 0.355 e. The van der Waals surface area contributed by atoms with Crippen LogP contribution in [0, 0.1) is 0 Å². The van der Waals surface area contributed by atoms with Crippen molar-refractivity contribution in [1.82, 2.24) is 10.2 Å². The number of carbonyl (C=O) groups excluding carboxylic acids is 2. The molecule has 7 nitrogen and oxygen atoms in total. The SMILES string of the molecule is CCNC(=O)C(Cc1ccccc1)N(Cc1ccccc1Cl)C(=O)CN(c1ccc(Cl)c(Cl)c1)S(=O)(=O)c1ccccc1. The summed E-state index contributed by atoms with van der Waals surface area (Å²) < 4.78 is 28.9. The Hall–Kier alpha value is -3.56. The number of hydrogen-bond acceptors (Lipinski definition) is 4. The number of nitrogens with one attached hydrogen (secondary N) is 1. The van der Waals surface area contributed by atoms with E-state index in [1.807, 2.05) is 30.3 Å². The number of amides is 2. The zero-order valence-electron chi connectivity index (χ0n) is 23.3. The van der Waals surface area contributed by atoms with Crippen molar-refractivity contribution in [3.63, 3.8) is 0 Å². The Balaban J connectivity index is 1.81. The van der Waals surface area contributed by atoms with Crippen LogP contribution in [-0.4, -0.2) is 44.3 Å². The van der Waals surface area contributed by atoms with Gasteiger partial charge in [0.25, 0.3) is 10.0 Å². The predicted molar refractivity (Wildman–Crippen MR) is 172 cm³/mol. The first kappa shape index (κ1) is 32.4. The molecule has 0 saturated carbocycles. The molecule has 224 valence electrons. The quantitative estimate of drug-likeness (QED) is 0.185. The number of hydrogen-bond donors (Lipinski definition) is 1. The zero-order chi connectivity index (χ0) is 31.0. The van der Waals surface area contributed by atoms with Crippen LogP contribution in [0.15, 0.2) is 108 Å². The third-order valence-corrected chi connectivity index (χ3v) is 9.62. The van der Waals surface area contributed by atoms with E-state index < -0.39 is 28.5 Å². The molecule has 2 amide bonds. The van der Waals surface area contributed by atoms with Crippen LogP contribution in [-0.2, 0) is 32.6 Å². The normalized spacial score (nSPS) is 11.9. The topological polar surface area (TPSA) is 86.8 Å². The van der Waals surface area contributed by atoms with Gasteiger partial charge in [0.1, 0.15) is 12.6 Å². The molecule has 4 rings (SSSR count). The molecular weight excluding hydrogens is 629 g/mol. The Labute approximate surface area is 267 Å². The van der Waals surface area contributed by atoms with E-state index in [-0.39, 0.29) is 39.5 Å². The molecule has 1 unspecified atom stereocenters. The molecule has 4 aromatic carbocycles. The van der Waals surface area contributed by atoms with Gasteiger partial charge in [-0.2, -0.15) is 0 Å². The van der Waals surface area contributed by atoms with Crippen molar-refractivity contribution in [3.8, 4) is 0 Å². The maximum absolute atomic E-state index is 14.4. The first-order valence-electron chi connectivity index (χ1n) is 13.5. The lowest BCUT2D eigenvalue weighted by Crippen LogP contribution is -2.53. The molecule has 0 fully saturated rings. The van der Waals surface area contributed by atoms with Gasteiger partial charge >= 0.3 is 0 Å². The lowest BCUT2D eigenvalue weighted by Gasteiger charge is -2.34. The number of carbonyl (C=O) groups is 2. The first-order valence-corrected chi connectivity index (χ1v) is 16.1. The van der Waals surface area contributed by atoms with Gasteiger partial charge in [-0.25, -0.2) is 8.42 Å². The van der Waals surface area contributed by atoms with Crippen LogP contribution in [0.5, 0.6) is 0 Å². The van der Waals surface area contributed by atoms with Crippen molar-refractivity contribution in [2.75, 3.05) is 17.4 Å². The minimum Gasteiger partial charge on any atom is -0.355 e. The summed E-state index contributed by atoms with van der Waals surface area (Å²) in [5.41, 5.74) is 1.57. The summed E-state index contributed by atoms with van der Waals surface area (Å²) in [6.45, 7) is 1.48. The van der Waals surface area contributed by atoms with Crippen LogP contribution < -0.4 is 9.62 Å². The molecule has 0 heterocycles. The Morgan fingerprint density at radius 2 is 1.42 bits per heavy atom. The molecule has 0 radical (unpaired) electrons. The average Bonchev–Trinajstić information content (AvgIpc) is 3.01. The molecule has 0 aliphatic heterocycles. The zero-order valence-corrected chi connectivity index (χ0v) is 26.4. The van der Waals surface area contributed by atoms with Crippen LogP contribution >= 0.6 is 34.8 Å². The van der Waals surface area contributed by atoms with Crippen LogP contribution in [0.2, 0.25) is 15.1 Å². The summed E-state index contributed by atoms with van der Waals surface area (Å²) >= 11 is 18.9. The monoisotopic (exact) mass is 657 g/mol. The summed E-state index contributed by atoms with van der Waals surface area (Å²) in [7, 11) is -4.25. The van der Waals surface area contributed by atoms with Crippen molar-refractivity contribution in [2.45, 2.75) is 30.8 Å².